The fourth-order valence-corrected chi connectivity index (χ4v) is 5.28. The van der Waals surface area contributed by atoms with Gasteiger partial charge in [0.1, 0.15) is 5.75 Å². The van der Waals surface area contributed by atoms with E-state index in [-0.39, 0.29) is 0 Å². The van der Waals surface area contributed by atoms with Crippen molar-refractivity contribution >= 4 is 5.69 Å². The van der Waals surface area contributed by atoms with Gasteiger partial charge in [-0.15, -0.1) is 0 Å². The monoisotopic (exact) mass is 474 g/mol. The first-order valence-electron chi connectivity index (χ1n) is 13.3. The Morgan fingerprint density at radius 1 is 0.829 bits per heavy atom. The zero-order chi connectivity index (χ0) is 25.9. The maximum absolute atomic E-state index is 9.62. The van der Waals surface area contributed by atoms with Gasteiger partial charge >= 0.3 is 0 Å². The van der Waals surface area contributed by atoms with Crippen molar-refractivity contribution in [1.29, 1.82) is 0 Å². The first-order valence-corrected chi connectivity index (χ1v) is 13.3. The predicted molar refractivity (Wildman–Crippen MR) is 151 cm³/mol. The Hall–Kier alpha value is -2.52. The molecule has 2 atom stereocenters. The number of hydrogen-bond donors (Lipinski definition) is 3. The van der Waals surface area contributed by atoms with Crippen LogP contribution in [0.4, 0.5) is 5.69 Å². The molecule has 0 heterocycles. The van der Waals surface area contributed by atoms with Crippen LogP contribution in [0.2, 0.25) is 0 Å². The van der Waals surface area contributed by atoms with Gasteiger partial charge in [-0.05, 0) is 81.5 Å². The third-order valence-corrected chi connectivity index (χ3v) is 7.36. The van der Waals surface area contributed by atoms with Crippen LogP contribution in [-0.2, 0) is 13.0 Å². The molecule has 4 N–H and O–H groups in total. The zero-order valence-corrected chi connectivity index (χ0v) is 23.0. The molecule has 0 spiro atoms. The number of benzene rings is 2. The van der Waals surface area contributed by atoms with Crippen molar-refractivity contribution in [3.8, 4) is 5.75 Å². The largest absolute Gasteiger partial charge is 0.508 e. The average molecular weight is 475 g/mol. The molecule has 3 heteroatoms. The Morgan fingerprint density at radius 3 is 1.89 bits per heavy atom. The Kier molecular flexibility index (Phi) is 8.88. The summed E-state index contributed by atoms with van der Waals surface area (Å²) < 4.78 is 0. The molecular formula is C32H46N2O. The quantitative estimate of drug-likeness (QED) is 0.326. The molecule has 0 saturated carbocycles. The predicted octanol–water partition coefficient (Wildman–Crippen LogP) is 7.72. The molecule has 0 bridgehead atoms. The van der Waals surface area contributed by atoms with Gasteiger partial charge in [-0.25, -0.2) is 0 Å². The van der Waals surface area contributed by atoms with Gasteiger partial charge < -0.3 is 16.2 Å². The van der Waals surface area contributed by atoms with E-state index in [9.17, 15) is 5.11 Å². The second-order valence-corrected chi connectivity index (χ2v) is 11.6. The molecule has 0 radical (unpaired) electrons. The van der Waals surface area contributed by atoms with Crippen LogP contribution in [0.25, 0.3) is 0 Å². The van der Waals surface area contributed by atoms with Gasteiger partial charge in [0.25, 0.3) is 0 Å². The molecule has 2 aromatic carbocycles. The van der Waals surface area contributed by atoms with Crippen molar-refractivity contribution in [3.05, 3.63) is 82.0 Å². The molecule has 2 unspecified atom stereocenters. The molecule has 1 aliphatic rings. The van der Waals surface area contributed by atoms with E-state index in [2.05, 4.69) is 85.0 Å². The smallest absolute Gasteiger partial charge is 0.115 e. The van der Waals surface area contributed by atoms with Crippen LogP contribution < -0.4 is 11.1 Å². The second-order valence-electron chi connectivity index (χ2n) is 11.6. The first kappa shape index (κ1) is 27.1. The van der Waals surface area contributed by atoms with Crippen LogP contribution in [0.5, 0.6) is 5.75 Å². The normalized spacial score (nSPS) is 18.5. The second kappa shape index (κ2) is 11.5. The van der Waals surface area contributed by atoms with Gasteiger partial charge in [0.05, 0.1) is 0 Å². The highest BCUT2D eigenvalue weighted by Gasteiger charge is 2.30. The molecule has 1 aliphatic carbocycles. The molecule has 2 aromatic rings. The standard InChI is InChI=1S/C32H46N2O/c1-19(2)27-14-24(15-28(20(3)4)31(27)33)13-25-16-29(21(5)6)32(30(17-25)22(7)8)34-18-23-9-11-26(35)12-10-23/h9-12,14-17,19-22,29,32,34-35H,13,18,33H2,1-8H3. The van der Waals surface area contributed by atoms with Crippen LogP contribution in [0, 0.1) is 17.8 Å². The number of allylic oxidation sites excluding steroid dienone is 2. The molecule has 0 saturated heterocycles. The van der Waals surface area contributed by atoms with E-state index >= 15 is 0 Å². The van der Waals surface area contributed by atoms with Crippen molar-refractivity contribution in [2.45, 2.75) is 86.2 Å². The first-order chi connectivity index (χ1) is 16.5. The molecule has 0 amide bonds. The van der Waals surface area contributed by atoms with E-state index in [1.54, 1.807) is 12.1 Å². The summed E-state index contributed by atoms with van der Waals surface area (Å²) in [6.07, 6.45) is 5.88. The van der Waals surface area contributed by atoms with E-state index in [1.807, 2.05) is 12.1 Å². The third-order valence-electron chi connectivity index (χ3n) is 7.36. The third kappa shape index (κ3) is 6.58. The van der Waals surface area contributed by atoms with Crippen LogP contribution in [0.15, 0.2) is 59.7 Å². The van der Waals surface area contributed by atoms with Crippen molar-refractivity contribution in [2.24, 2.45) is 17.8 Å². The van der Waals surface area contributed by atoms with Gasteiger partial charge in [-0.3, -0.25) is 0 Å². The Bertz CT molecular complexity index is 1030. The van der Waals surface area contributed by atoms with Gasteiger partial charge in [0.15, 0.2) is 0 Å². The Balaban J connectivity index is 1.92. The lowest BCUT2D eigenvalue weighted by Gasteiger charge is -2.37. The number of rotatable bonds is 9. The number of nitrogens with one attached hydrogen (secondary N) is 1. The molecule has 0 fully saturated rings. The van der Waals surface area contributed by atoms with E-state index in [1.165, 1.54) is 33.4 Å². The molecule has 0 aliphatic heterocycles. The van der Waals surface area contributed by atoms with E-state index in [4.69, 9.17) is 5.73 Å². The number of anilines is 1. The van der Waals surface area contributed by atoms with Crippen LogP contribution in [-0.4, -0.2) is 11.1 Å². The minimum atomic E-state index is 0.302. The van der Waals surface area contributed by atoms with E-state index in [0.717, 1.165) is 18.7 Å². The van der Waals surface area contributed by atoms with E-state index < -0.39 is 0 Å². The summed E-state index contributed by atoms with van der Waals surface area (Å²) in [7, 11) is 0. The zero-order valence-electron chi connectivity index (χ0n) is 23.0. The fourth-order valence-electron chi connectivity index (χ4n) is 5.28. The Morgan fingerprint density at radius 2 is 1.40 bits per heavy atom. The van der Waals surface area contributed by atoms with Crippen LogP contribution in [0.1, 0.15) is 89.5 Å². The maximum Gasteiger partial charge on any atom is 0.115 e. The van der Waals surface area contributed by atoms with Crippen molar-refractivity contribution < 1.29 is 5.11 Å². The number of nitrogens with two attached hydrogens (primary N) is 1. The molecule has 3 rings (SSSR count). The minimum absolute atomic E-state index is 0.302. The summed E-state index contributed by atoms with van der Waals surface area (Å²) in [6, 6.07) is 12.5. The summed E-state index contributed by atoms with van der Waals surface area (Å²) in [5.74, 6) is 2.53. The topological polar surface area (TPSA) is 58.3 Å². The maximum atomic E-state index is 9.62. The van der Waals surface area contributed by atoms with Gasteiger partial charge in [-0.1, -0.05) is 91.8 Å². The molecular weight excluding hydrogens is 428 g/mol. The summed E-state index contributed by atoms with van der Waals surface area (Å²) in [5.41, 5.74) is 15.5. The molecule has 3 nitrogen and oxygen atoms in total. The highest BCUT2D eigenvalue weighted by Crippen LogP contribution is 2.36. The van der Waals surface area contributed by atoms with Crippen LogP contribution in [0.3, 0.4) is 0 Å². The SMILES string of the molecule is CC(C)C1=CC(Cc2cc(C(C)C)c(N)c(C(C)C)c2)=CC(C(C)C)C1NCc1ccc(O)cc1. The summed E-state index contributed by atoms with van der Waals surface area (Å²) >= 11 is 0. The Labute approximate surface area is 213 Å². The number of nitrogen functional groups attached to an aromatic ring is 1. The number of phenolic OH excluding ortho intramolecular Hbond substituents is 1. The fraction of sp³-hybridized carbons (Fsp3) is 0.500. The highest BCUT2D eigenvalue weighted by molar-refractivity contribution is 5.59. The number of hydrogen-bond acceptors (Lipinski definition) is 3. The van der Waals surface area contributed by atoms with Crippen LogP contribution >= 0.6 is 0 Å². The number of phenols is 1. The summed E-state index contributed by atoms with van der Waals surface area (Å²) in [4.78, 5) is 0. The lowest BCUT2D eigenvalue weighted by molar-refractivity contribution is 0.341. The minimum Gasteiger partial charge on any atom is -0.508 e. The summed E-state index contributed by atoms with van der Waals surface area (Å²) in [5, 5.41) is 13.5. The summed E-state index contributed by atoms with van der Waals surface area (Å²) in [6.45, 7) is 19.0. The van der Waals surface area contributed by atoms with Crippen molar-refractivity contribution in [3.63, 3.8) is 0 Å². The van der Waals surface area contributed by atoms with Gasteiger partial charge in [0.2, 0.25) is 0 Å². The van der Waals surface area contributed by atoms with E-state index in [0.29, 0.717) is 41.4 Å². The molecule has 0 aromatic heterocycles. The molecule has 35 heavy (non-hydrogen) atoms. The highest BCUT2D eigenvalue weighted by atomic mass is 16.3. The van der Waals surface area contributed by atoms with Gasteiger partial charge in [0, 0.05) is 18.3 Å². The number of aromatic hydroxyl groups is 1. The van der Waals surface area contributed by atoms with Crippen molar-refractivity contribution in [2.75, 3.05) is 5.73 Å². The lowest BCUT2D eigenvalue weighted by Crippen LogP contribution is -2.42. The molecule has 190 valence electrons. The van der Waals surface area contributed by atoms with Crippen molar-refractivity contribution in [1.82, 2.24) is 5.32 Å². The lowest BCUT2D eigenvalue weighted by atomic mass is 9.74. The average Bonchev–Trinajstić information content (AvgIpc) is 2.79. The van der Waals surface area contributed by atoms with Gasteiger partial charge in [-0.2, -0.15) is 0 Å².